The van der Waals surface area contributed by atoms with E-state index in [0.29, 0.717) is 12.5 Å². The summed E-state index contributed by atoms with van der Waals surface area (Å²) in [5.41, 5.74) is 0. The van der Waals surface area contributed by atoms with E-state index in [-0.39, 0.29) is 5.97 Å². The van der Waals surface area contributed by atoms with Crippen molar-refractivity contribution in [1.82, 2.24) is 9.80 Å². The van der Waals surface area contributed by atoms with Crippen molar-refractivity contribution in [1.29, 1.82) is 5.26 Å². The molecule has 1 aliphatic rings. The number of nitrogens with zero attached hydrogens (tertiary/aromatic N) is 3. The molecule has 1 atom stereocenters. The smallest absolute Gasteiger partial charge is 0.306 e. The standard InChI is InChI=1S/C15H21N3O2S/c1-12-10-17(6-5-15(19)20-2)7-8-18(12)11-14-4-3-13(9-16)21-14/h3-4,12H,5-8,10-11H2,1-2H3. The first-order valence-corrected chi connectivity index (χ1v) is 7.96. The summed E-state index contributed by atoms with van der Waals surface area (Å²) < 4.78 is 4.68. The van der Waals surface area contributed by atoms with Gasteiger partial charge in [0.1, 0.15) is 10.9 Å². The van der Waals surface area contributed by atoms with Crippen LogP contribution < -0.4 is 0 Å². The maximum atomic E-state index is 11.2. The van der Waals surface area contributed by atoms with Crippen molar-refractivity contribution in [3.05, 3.63) is 21.9 Å². The number of thiophene rings is 1. The Morgan fingerprint density at radius 3 is 2.95 bits per heavy atom. The highest BCUT2D eigenvalue weighted by Gasteiger charge is 2.24. The molecule has 6 heteroatoms. The third-order valence-electron chi connectivity index (χ3n) is 3.84. The number of methoxy groups -OCH3 is 1. The van der Waals surface area contributed by atoms with Crippen molar-refractivity contribution in [2.24, 2.45) is 0 Å². The summed E-state index contributed by atoms with van der Waals surface area (Å²) in [7, 11) is 1.43. The second-order valence-corrected chi connectivity index (χ2v) is 6.49. The highest BCUT2D eigenvalue weighted by molar-refractivity contribution is 7.12. The van der Waals surface area contributed by atoms with Crippen LogP contribution in [0, 0.1) is 11.3 Å². The summed E-state index contributed by atoms with van der Waals surface area (Å²) in [5.74, 6) is -0.146. The number of hydrogen-bond donors (Lipinski definition) is 0. The molecule has 2 rings (SSSR count). The van der Waals surface area contributed by atoms with Crippen molar-refractivity contribution in [2.45, 2.75) is 25.9 Å². The Morgan fingerprint density at radius 2 is 2.33 bits per heavy atom. The van der Waals surface area contributed by atoms with Gasteiger partial charge in [-0.05, 0) is 19.1 Å². The Morgan fingerprint density at radius 1 is 1.52 bits per heavy atom. The lowest BCUT2D eigenvalue weighted by Gasteiger charge is -2.39. The van der Waals surface area contributed by atoms with Gasteiger partial charge in [-0.15, -0.1) is 11.3 Å². The molecule has 1 unspecified atom stereocenters. The molecule has 0 aliphatic carbocycles. The van der Waals surface area contributed by atoms with Gasteiger partial charge in [-0.2, -0.15) is 5.26 Å². The lowest BCUT2D eigenvalue weighted by atomic mass is 10.2. The van der Waals surface area contributed by atoms with Crippen LogP contribution in [-0.2, 0) is 16.1 Å². The van der Waals surface area contributed by atoms with Crippen LogP contribution in [0.3, 0.4) is 0 Å². The summed E-state index contributed by atoms with van der Waals surface area (Å²) in [5, 5.41) is 8.87. The maximum Gasteiger partial charge on any atom is 0.306 e. The molecule has 0 radical (unpaired) electrons. The molecular formula is C15H21N3O2S. The van der Waals surface area contributed by atoms with Gasteiger partial charge in [-0.3, -0.25) is 14.6 Å². The van der Waals surface area contributed by atoms with Gasteiger partial charge in [0.05, 0.1) is 13.5 Å². The number of ether oxygens (including phenoxy) is 1. The minimum absolute atomic E-state index is 0.146. The molecule has 0 amide bonds. The van der Waals surface area contributed by atoms with E-state index in [2.05, 4.69) is 27.5 Å². The van der Waals surface area contributed by atoms with E-state index in [0.717, 1.165) is 37.6 Å². The molecule has 0 spiro atoms. The molecule has 114 valence electrons. The molecule has 21 heavy (non-hydrogen) atoms. The lowest BCUT2D eigenvalue weighted by molar-refractivity contribution is -0.141. The first kappa shape index (κ1) is 16.0. The Labute approximate surface area is 129 Å². The van der Waals surface area contributed by atoms with Gasteiger partial charge in [-0.1, -0.05) is 0 Å². The van der Waals surface area contributed by atoms with Crippen LogP contribution >= 0.6 is 11.3 Å². The first-order chi connectivity index (χ1) is 10.1. The minimum Gasteiger partial charge on any atom is -0.469 e. The lowest BCUT2D eigenvalue weighted by Crippen LogP contribution is -2.51. The normalized spacial score (nSPS) is 20.1. The highest BCUT2D eigenvalue weighted by atomic mass is 32.1. The van der Waals surface area contributed by atoms with Crippen molar-refractivity contribution in [3.63, 3.8) is 0 Å². The van der Waals surface area contributed by atoms with E-state index < -0.39 is 0 Å². The molecule has 0 bridgehead atoms. The van der Waals surface area contributed by atoms with Crippen LogP contribution in [0.25, 0.3) is 0 Å². The topological polar surface area (TPSA) is 56.6 Å². The fourth-order valence-corrected chi connectivity index (χ4v) is 3.41. The van der Waals surface area contributed by atoms with Gasteiger partial charge >= 0.3 is 5.97 Å². The van der Waals surface area contributed by atoms with Gasteiger partial charge < -0.3 is 4.74 Å². The highest BCUT2D eigenvalue weighted by Crippen LogP contribution is 2.20. The summed E-state index contributed by atoms with van der Waals surface area (Å²) in [6.07, 6.45) is 0.458. The van der Waals surface area contributed by atoms with Crippen molar-refractivity contribution >= 4 is 17.3 Å². The van der Waals surface area contributed by atoms with E-state index in [1.165, 1.54) is 12.0 Å². The fraction of sp³-hybridized carbons (Fsp3) is 0.600. The van der Waals surface area contributed by atoms with Gasteiger partial charge in [0, 0.05) is 43.6 Å². The third-order valence-corrected chi connectivity index (χ3v) is 4.81. The summed E-state index contributed by atoms with van der Waals surface area (Å²) in [6, 6.07) is 6.56. The Bertz CT molecular complexity index is 523. The van der Waals surface area contributed by atoms with Crippen LogP contribution in [0.1, 0.15) is 23.1 Å². The monoisotopic (exact) mass is 307 g/mol. The molecule has 0 saturated carbocycles. The number of rotatable bonds is 5. The van der Waals surface area contributed by atoms with Crippen molar-refractivity contribution in [3.8, 4) is 6.07 Å². The molecule has 5 nitrogen and oxygen atoms in total. The molecule has 2 heterocycles. The molecule has 0 aromatic carbocycles. The van der Waals surface area contributed by atoms with Crippen molar-refractivity contribution in [2.75, 3.05) is 33.3 Å². The second kappa shape index (κ2) is 7.55. The van der Waals surface area contributed by atoms with Gasteiger partial charge in [-0.25, -0.2) is 0 Å². The summed E-state index contributed by atoms with van der Waals surface area (Å²) >= 11 is 1.57. The van der Waals surface area contributed by atoms with Crippen LogP contribution in [0.5, 0.6) is 0 Å². The SMILES string of the molecule is COC(=O)CCN1CCN(Cc2ccc(C#N)s2)C(C)C1. The zero-order valence-corrected chi connectivity index (χ0v) is 13.4. The second-order valence-electron chi connectivity index (χ2n) is 5.32. The van der Waals surface area contributed by atoms with Gasteiger partial charge in [0.25, 0.3) is 0 Å². The molecule has 1 saturated heterocycles. The third kappa shape index (κ3) is 4.53. The number of carbonyl (C=O) groups is 1. The largest absolute Gasteiger partial charge is 0.469 e. The van der Waals surface area contributed by atoms with E-state index in [4.69, 9.17) is 5.26 Å². The quantitative estimate of drug-likeness (QED) is 0.775. The van der Waals surface area contributed by atoms with Crippen LogP contribution in [-0.4, -0.2) is 55.1 Å². The Hall–Kier alpha value is -1.42. The number of nitriles is 1. The predicted molar refractivity (Wildman–Crippen MR) is 82.0 cm³/mol. The van der Waals surface area contributed by atoms with E-state index >= 15 is 0 Å². The Kier molecular flexibility index (Phi) is 5.74. The minimum atomic E-state index is -0.146. The average Bonchev–Trinajstić information content (AvgIpc) is 2.95. The number of esters is 1. The number of hydrogen-bond acceptors (Lipinski definition) is 6. The molecule has 1 fully saturated rings. The first-order valence-electron chi connectivity index (χ1n) is 7.14. The average molecular weight is 307 g/mol. The van der Waals surface area contributed by atoms with Gasteiger partial charge in [0.2, 0.25) is 0 Å². The molecule has 1 aromatic rings. The van der Waals surface area contributed by atoms with Crippen LogP contribution in [0.2, 0.25) is 0 Å². The van der Waals surface area contributed by atoms with E-state index in [9.17, 15) is 4.79 Å². The summed E-state index contributed by atoms with van der Waals surface area (Å²) in [6.45, 7) is 6.80. The molecule has 1 aliphatic heterocycles. The van der Waals surface area contributed by atoms with Crippen molar-refractivity contribution < 1.29 is 9.53 Å². The predicted octanol–water partition coefficient (Wildman–Crippen LogP) is 1.69. The van der Waals surface area contributed by atoms with E-state index in [1.807, 2.05) is 12.1 Å². The molecule has 1 aromatic heterocycles. The maximum absolute atomic E-state index is 11.2. The van der Waals surface area contributed by atoms with Crippen LogP contribution in [0.4, 0.5) is 0 Å². The molecule has 0 N–H and O–H groups in total. The van der Waals surface area contributed by atoms with Gasteiger partial charge in [0.15, 0.2) is 0 Å². The van der Waals surface area contributed by atoms with E-state index in [1.54, 1.807) is 11.3 Å². The number of piperazine rings is 1. The van der Waals surface area contributed by atoms with Crippen LogP contribution in [0.15, 0.2) is 12.1 Å². The Balaban J connectivity index is 1.81. The molecular weight excluding hydrogens is 286 g/mol. The fourth-order valence-electron chi connectivity index (χ4n) is 2.58. The zero-order valence-electron chi connectivity index (χ0n) is 12.5. The zero-order chi connectivity index (χ0) is 15.2. The summed E-state index contributed by atoms with van der Waals surface area (Å²) in [4.78, 5) is 17.9. The number of carbonyl (C=O) groups excluding carboxylic acids is 1.